The molecule has 4 nitrogen and oxygen atoms in total. The van der Waals surface area contributed by atoms with Crippen LogP contribution in [0.4, 0.5) is 0 Å². The molecule has 5 heteroatoms. The van der Waals surface area contributed by atoms with Gasteiger partial charge in [-0.2, -0.15) is 0 Å². The zero-order valence-electron chi connectivity index (χ0n) is 14.2. The van der Waals surface area contributed by atoms with Gasteiger partial charge < -0.3 is 10.3 Å². The molecule has 0 bridgehead atoms. The summed E-state index contributed by atoms with van der Waals surface area (Å²) in [4.78, 5) is 29.1. The standard InChI is InChI=1S/C19H24N2O2S/c1-12(2)17(16-9-6-10-24-16)21-19(23)14-11-13-7-4-3-5-8-15(13)20-18(14)22/h6,9-12,17H,3-5,7-8H2,1-2H3,(H,20,22)(H,21,23)/t17-/m0/s1. The lowest BCUT2D eigenvalue weighted by molar-refractivity contribution is 0.0925. The zero-order chi connectivity index (χ0) is 17.1. The third-order valence-electron chi connectivity index (χ3n) is 4.64. The molecule has 1 amide bonds. The summed E-state index contributed by atoms with van der Waals surface area (Å²) in [6.45, 7) is 4.15. The van der Waals surface area contributed by atoms with E-state index in [2.05, 4.69) is 24.1 Å². The van der Waals surface area contributed by atoms with Crippen LogP contribution in [0.3, 0.4) is 0 Å². The monoisotopic (exact) mass is 344 g/mol. The van der Waals surface area contributed by atoms with E-state index in [-0.39, 0.29) is 29.0 Å². The molecule has 128 valence electrons. The number of carbonyl (C=O) groups excluding carboxylic acids is 1. The summed E-state index contributed by atoms with van der Waals surface area (Å²) in [6.07, 6.45) is 5.22. The van der Waals surface area contributed by atoms with E-state index in [1.54, 1.807) is 17.4 Å². The number of hydrogen-bond acceptors (Lipinski definition) is 3. The second kappa shape index (κ2) is 7.34. The van der Waals surface area contributed by atoms with Crippen molar-refractivity contribution >= 4 is 17.2 Å². The van der Waals surface area contributed by atoms with Crippen LogP contribution in [0.15, 0.2) is 28.4 Å². The summed E-state index contributed by atoms with van der Waals surface area (Å²) < 4.78 is 0. The van der Waals surface area contributed by atoms with Crippen LogP contribution in [-0.4, -0.2) is 10.9 Å². The fraction of sp³-hybridized carbons (Fsp3) is 0.474. The van der Waals surface area contributed by atoms with Gasteiger partial charge in [-0.1, -0.05) is 26.3 Å². The second-order valence-electron chi connectivity index (χ2n) is 6.79. The van der Waals surface area contributed by atoms with Gasteiger partial charge in [0.05, 0.1) is 6.04 Å². The maximum atomic E-state index is 12.7. The van der Waals surface area contributed by atoms with Crippen LogP contribution < -0.4 is 10.9 Å². The highest BCUT2D eigenvalue weighted by atomic mass is 32.1. The molecule has 3 rings (SSSR count). The Hall–Kier alpha value is -1.88. The van der Waals surface area contributed by atoms with Gasteiger partial charge in [0.15, 0.2) is 0 Å². The molecule has 0 fully saturated rings. The maximum Gasteiger partial charge on any atom is 0.261 e. The molecule has 0 saturated carbocycles. The first-order valence-electron chi connectivity index (χ1n) is 8.65. The fourth-order valence-electron chi connectivity index (χ4n) is 3.27. The largest absolute Gasteiger partial charge is 0.344 e. The Morgan fingerprint density at radius 3 is 2.75 bits per heavy atom. The summed E-state index contributed by atoms with van der Waals surface area (Å²) >= 11 is 1.63. The van der Waals surface area contributed by atoms with Crippen molar-refractivity contribution in [2.45, 2.75) is 52.0 Å². The van der Waals surface area contributed by atoms with E-state index in [0.717, 1.165) is 41.8 Å². The SMILES string of the molecule is CC(C)[C@H](NC(=O)c1cc2c([nH]c1=O)CCCCC2)c1cccs1. The number of thiophene rings is 1. The molecule has 2 aromatic heterocycles. The molecular formula is C19H24N2O2S. The van der Waals surface area contributed by atoms with Crippen molar-refractivity contribution in [1.82, 2.24) is 10.3 Å². The molecule has 0 radical (unpaired) electrons. The number of carbonyl (C=O) groups is 1. The summed E-state index contributed by atoms with van der Waals surface area (Å²) in [7, 11) is 0. The molecule has 24 heavy (non-hydrogen) atoms. The van der Waals surface area contributed by atoms with Gasteiger partial charge in [-0.25, -0.2) is 0 Å². The number of aromatic nitrogens is 1. The number of nitrogens with one attached hydrogen (secondary N) is 2. The number of H-pyrrole nitrogens is 1. The second-order valence-corrected chi connectivity index (χ2v) is 7.77. The third-order valence-corrected chi connectivity index (χ3v) is 5.59. The van der Waals surface area contributed by atoms with E-state index in [9.17, 15) is 9.59 Å². The van der Waals surface area contributed by atoms with E-state index >= 15 is 0 Å². The van der Waals surface area contributed by atoms with E-state index in [1.807, 2.05) is 17.5 Å². The molecule has 1 aliphatic carbocycles. The Morgan fingerprint density at radius 1 is 1.25 bits per heavy atom. The van der Waals surface area contributed by atoms with Crippen LogP contribution >= 0.6 is 11.3 Å². The predicted molar refractivity (Wildman–Crippen MR) is 97.7 cm³/mol. The highest BCUT2D eigenvalue weighted by molar-refractivity contribution is 7.10. The van der Waals surface area contributed by atoms with Crippen LogP contribution in [0.1, 0.15) is 65.6 Å². The topological polar surface area (TPSA) is 62.0 Å². The van der Waals surface area contributed by atoms with Gasteiger partial charge >= 0.3 is 0 Å². The van der Waals surface area contributed by atoms with Crippen LogP contribution in [0, 0.1) is 5.92 Å². The Balaban J connectivity index is 1.87. The molecule has 2 N–H and O–H groups in total. The molecule has 0 unspecified atom stereocenters. The van der Waals surface area contributed by atoms with Crippen molar-refractivity contribution in [3.8, 4) is 0 Å². The lowest BCUT2D eigenvalue weighted by Gasteiger charge is -2.21. The average Bonchev–Trinajstić information content (AvgIpc) is 2.97. The number of fused-ring (bicyclic) bond motifs is 1. The van der Waals surface area contributed by atoms with Crippen molar-refractivity contribution in [2.24, 2.45) is 5.92 Å². The zero-order valence-corrected chi connectivity index (χ0v) is 15.0. The minimum atomic E-state index is -0.282. The number of aryl methyl sites for hydroxylation is 2. The number of amides is 1. The first-order valence-corrected chi connectivity index (χ1v) is 9.53. The number of rotatable bonds is 4. The lowest BCUT2D eigenvalue weighted by atomic mass is 10.0. The molecule has 0 spiro atoms. The summed E-state index contributed by atoms with van der Waals surface area (Å²) in [5.41, 5.74) is 2.09. The Labute approximate surface area is 146 Å². The summed E-state index contributed by atoms with van der Waals surface area (Å²) in [5, 5.41) is 5.06. The lowest BCUT2D eigenvalue weighted by Crippen LogP contribution is -2.35. The van der Waals surface area contributed by atoms with Gasteiger partial charge in [0.25, 0.3) is 11.5 Å². The van der Waals surface area contributed by atoms with Crippen LogP contribution in [0.25, 0.3) is 0 Å². The fourth-order valence-corrected chi connectivity index (χ4v) is 4.22. The number of hydrogen-bond donors (Lipinski definition) is 2. The molecule has 1 aliphatic rings. The van der Waals surface area contributed by atoms with Crippen molar-refractivity contribution in [3.63, 3.8) is 0 Å². The highest BCUT2D eigenvalue weighted by Gasteiger charge is 2.22. The molecule has 2 aromatic rings. The molecule has 0 aliphatic heterocycles. The first kappa shape index (κ1) is 17.0. The van der Waals surface area contributed by atoms with Crippen LogP contribution in [0.5, 0.6) is 0 Å². The van der Waals surface area contributed by atoms with Crippen molar-refractivity contribution in [1.29, 1.82) is 0 Å². The Morgan fingerprint density at radius 2 is 2.04 bits per heavy atom. The van der Waals surface area contributed by atoms with E-state index < -0.39 is 0 Å². The smallest absolute Gasteiger partial charge is 0.261 e. The first-order chi connectivity index (χ1) is 11.6. The Kier molecular flexibility index (Phi) is 5.19. The van der Waals surface area contributed by atoms with E-state index in [0.29, 0.717) is 0 Å². The number of pyridine rings is 1. The minimum Gasteiger partial charge on any atom is -0.344 e. The van der Waals surface area contributed by atoms with Gasteiger partial charge in [0.2, 0.25) is 0 Å². The van der Waals surface area contributed by atoms with Crippen molar-refractivity contribution in [2.75, 3.05) is 0 Å². The molecule has 0 saturated heterocycles. The van der Waals surface area contributed by atoms with Gasteiger partial charge in [-0.15, -0.1) is 11.3 Å². The van der Waals surface area contributed by atoms with Crippen molar-refractivity contribution in [3.05, 3.63) is 55.6 Å². The van der Waals surface area contributed by atoms with Crippen LogP contribution in [0.2, 0.25) is 0 Å². The highest BCUT2D eigenvalue weighted by Crippen LogP contribution is 2.26. The third kappa shape index (κ3) is 3.61. The van der Waals surface area contributed by atoms with Gasteiger partial charge in [-0.05, 0) is 54.7 Å². The van der Waals surface area contributed by atoms with E-state index in [4.69, 9.17) is 0 Å². The maximum absolute atomic E-state index is 12.7. The summed E-state index contributed by atoms with van der Waals surface area (Å²) in [5.74, 6) is -0.0251. The summed E-state index contributed by atoms with van der Waals surface area (Å²) in [6, 6.07) is 5.74. The predicted octanol–water partition coefficient (Wildman–Crippen LogP) is 3.83. The van der Waals surface area contributed by atoms with Gasteiger partial charge in [-0.3, -0.25) is 9.59 Å². The van der Waals surface area contributed by atoms with Crippen molar-refractivity contribution < 1.29 is 4.79 Å². The Bertz CT molecular complexity index is 762. The average molecular weight is 344 g/mol. The van der Waals surface area contributed by atoms with E-state index in [1.165, 1.54) is 6.42 Å². The molecule has 1 atom stereocenters. The van der Waals surface area contributed by atoms with Gasteiger partial charge in [0.1, 0.15) is 5.56 Å². The molecule has 2 heterocycles. The normalized spacial score (nSPS) is 15.6. The molecule has 0 aromatic carbocycles. The van der Waals surface area contributed by atoms with Crippen LogP contribution in [-0.2, 0) is 12.8 Å². The molecular weight excluding hydrogens is 320 g/mol. The quantitative estimate of drug-likeness (QED) is 0.828. The number of aromatic amines is 1. The van der Waals surface area contributed by atoms with Gasteiger partial charge in [0, 0.05) is 10.6 Å². The minimum absolute atomic E-state index is 0.0734.